The van der Waals surface area contributed by atoms with E-state index in [1.165, 1.54) is 13.2 Å². The Bertz CT molecular complexity index is 988. The molecule has 130 valence electrons. The minimum absolute atomic E-state index is 0.0631. The maximum absolute atomic E-state index is 12.3. The Kier molecular flexibility index (Phi) is 4.60. The molecule has 25 heavy (non-hydrogen) atoms. The first-order chi connectivity index (χ1) is 11.9. The van der Waals surface area contributed by atoms with E-state index in [-0.39, 0.29) is 16.6 Å². The first kappa shape index (κ1) is 17.2. The Morgan fingerprint density at radius 2 is 2.20 bits per heavy atom. The number of anilines is 1. The van der Waals surface area contributed by atoms with Crippen molar-refractivity contribution in [3.63, 3.8) is 0 Å². The largest absolute Gasteiger partial charge is 0.490 e. The summed E-state index contributed by atoms with van der Waals surface area (Å²) in [5.74, 6) is -0.686. The summed E-state index contributed by atoms with van der Waals surface area (Å²) in [6.45, 7) is 1.65. The topological polar surface area (TPSA) is 99.2 Å². The highest BCUT2D eigenvalue weighted by molar-refractivity contribution is 7.18. The third-order valence-electron chi connectivity index (χ3n) is 3.39. The zero-order valence-corrected chi connectivity index (χ0v) is 15.1. The molecule has 1 amide bonds. The number of carbonyl (C=O) groups excluding carboxylic acids is 1. The lowest BCUT2D eigenvalue weighted by molar-refractivity contribution is 0.0991. The molecule has 0 saturated heterocycles. The summed E-state index contributed by atoms with van der Waals surface area (Å²) in [5, 5.41) is 11.8. The second-order valence-corrected chi connectivity index (χ2v) is 6.49. The van der Waals surface area contributed by atoms with E-state index in [0.29, 0.717) is 21.3 Å². The molecule has 3 rings (SSSR count). The molecule has 0 aliphatic rings. The van der Waals surface area contributed by atoms with Crippen LogP contribution in [0.4, 0.5) is 5.13 Å². The van der Waals surface area contributed by atoms with Gasteiger partial charge in [0.1, 0.15) is 0 Å². The van der Waals surface area contributed by atoms with Crippen LogP contribution in [0.5, 0.6) is 5.75 Å². The fourth-order valence-corrected chi connectivity index (χ4v) is 3.41. The minimum atomic E-state index is -0.721. The second-order valence-electron chi connectivity index (χ2n) is 5.10. The molecule has 1 N–H and O–H groups in total. The van der Waals surface area contributed by atoms with E-state index in [1.54, 1.807) is 23.8 Å². The molecule has 3 heterocycles. The maximum Gasteiger partial charge on any atom is 0.379 e. The Morgan fingerprint density at radius 1 is 1.44 bits per heavy atom. The van der Waals surface area contributed by atoms with E-state index < -0.39 is 11.5 Å². The van der Waals surface area contributed by atoms with Crippen molar-refractivity contribution >= 4 is 34.0 Å². The molecule has 8 nitrogen and oxygen atoms in total. The SMILES string of the molecule is COc1c(C)cc(C(=O)Nc2nnc(-c3c(Cl)ccn3C)s2)oc1=O. The molecule has 3 aromatic heterocycles. The second kappa shape index (κ2) is 6.69. The smallest absolute Gasteiger partial charge is 0.379 e. The van der Waals surface area contributed by atoms with Crippen LogP contribution in [0.2, 0.25) is 5.02 Å². The van der Waals surface area contributed by atoms with Crippen LogP contribution in [0.3, 0.4) is 0 Å². The number of aryl methyl sites for hydroxylation is 2. The van der Waals surface area contributed by atoms with E-state index in [9.17, 15) is 9.59 Å². The Labute approximate surface area is 151 Å². The average molecular weight is 381 g/mol. The molecule has 0 bridgehead atoms. The molecule has 10 heteroatoms. The molecule has 0 fully saturated rings. The number of hydrogen-bond donors (Lipinski definition) is 1. The van der Waals surface area contributed by atoms with Crippen LogP contribution in [0.25, 0.3) is 10.7 Å². The Hall–Kier alpha value is -2.65. The standard InChI is InChI=1S/C15H13ClN4O4S/c1-7-6-9(24-14(22)11(7)23-3)12(21)17-15-19-18-13(25-15)10-8(16)4-5-20(10)2/h4-6H,1-3H3,(H,17,19,21). The highest BCUT2D eigenvalue weighted by Gasteiger charge is 2.18. The molecule has 0 aliphatic carbocycles. The van der Waals surface area contributed by atoms with Crippen molar-refractivity contribution in [3.8, 4) is 16.5 Å². The molecular weight excluding hydrogens is 368 g/mol. The van der Waals surface area contributed by atoms with Crippen LogP contribution < -0.4 is 15.7 Å². The molecule has 0 aliphatic heterocycles. The zero-order valence-electron chi connectivity index (χ0n) is 13.5. The van der Waals surface area contributed by atoms with Gasteiger partial charge in [0.05, 0.1) is 17.8 Å². The number of aromatic nitrogens is 3. The van der Waals surface area contributed by atoms with Gasteiger partial charge in [0.2, 0.25) is 10.9 Å². The van der Waals surface area contributed by atoms with E-state index in [0.717, 1.165) is 11.3 Å². The summed E-state index contributed by atoms with van der Waals surface area (Å²) in [6, 6.07) is 3.16. The van der Waals surface area contributed by atoms with Gasteiger partial charge in [-0.3, -0.25) is 10.1 Å². The lowest BCUT2D eigenvalue weighted by atomic mass is 10.2. The third-order valence-corrected chi connectivity index (χ3v) is 4.54. The van der Waals surface area contributed by atoms with Crippen molar-refractivity contribution in [2.75, 3.05) is 12.4 Å². The quantitative estimate of drug-likeness (QED) is 0.747. The van der Waals surface area contributed by atoms with Gasteiger partial charge in [0.15, 0.2) is 10.8 Å². The summed E-state index contributed by atoms with van der Waals surface area (Å²) in [6.07, 6.45) is 1.80. The summed E-state index contributed by atoms with van der Waals surface area (Å²) in [5.41, 5.74) is 0.477. The zero-order chi connectivity index (χ0) is 18.1. The first-order valence-electron chi connectivity index (χ1n) is 7.05. The molecule has 0 radical (unpaired) electrons. The number of halogens is 1. The van der Waals surface area contributed by atoms with Gasteiger partial charge in [-0.05, 0) is 19.1 Å². The molecule has 0 saturated carbocycles. The summed E-state index contributed by atoms with van der Waals surface area (Å²) in [4.78, 5) is 24.0. The van der Waals surface area contributed by atoms with Crippen molar-refractivity contribution < 1.29 is 13.9 Å². The highest BCUT2D eigenvalue weighted by Crippen LogP contribution is 2.32. The molecule has 0 atom stereocenters. The van der Waals surface area contributed by atoms with Crippen molar-refractivity contribution in [2.45, 2.75) is 6.92 Å². The number of hydrogen-bond acceptors (Lipinski definition) is 7. The maximum atomic E-state index is 12.3. The predicted molar refractivity (Wildman–Crippen MR) is 93.5 cm³/mol. The highest BCUT2D eigenvalue weighted by atomic mass is 35.5. The number of rotatable bonds is 4. The van der Waals surface area contributed by atoms with Gasteiger partial charge < -0.3 is 13.7 Å². The average Bonchev–Trinajstić information content (AvgIpc) is 3.13. The first-order valence-corrected chi connectivity index (χ1v) is 8.25. The fraction of sp³-hybridized carbons (Fsp3) is 0.200. The number of carbonyl (C=O) groups is 1. The Balaban J connectivity index is 1.84. The molecule has 0 unspecified atom stereocenters. The van der Waals surface area contributed by atoms with Gasteiger partial charge in [-0.25, -0.2) is 4.79 Å². The molecule has 0 aromatic carbocycles. The van der Waals surface area contributed by atoms with Crippen LogP contribution in [-0.2, 0) is 7.05 Å². The van der Waals surface area contributed by atoms with Gasteiger partial charge in [-0.1, -0.05) is 22.9 Å². The van der Waals surface area contributed by atoms with E-state index in [1.807, 2.05) is 7.05 Å². The van der Waals surface area contributed by atoms with Gasteiger partial charge >= 0.3 is 5.63 Å². The van der Waals surface area contributed by atoms with Crippen LogP contribution in [0, 0.1) is 6.92 Å². The van der Waals surface area contributed by atoms with E-state index in [2.05, 4.69) is 15.5 Å². The van der Waals surface area contributed by atoms with Gasteiger partial charge in [0, 0.05) is 18.8 Å². The van der Waals surface area contributed by atoms with Crippen LogP contribution >= 0.6 is 22.9 Å². The summed E-state index contributed by atoms with van der Waals surface area (Å²) < 4.78 is 11.7. The van der Waals surface area contributed by atoms with Crippen LogP contribution in [-0.4, -0.2) is 27.8 Å². The number of methoxy groups -OCH3 is 1. The van der Waals surface area contributed by atoms with Gasteiger partial charge in [0.25, 0.3) is 5.91 Å². The van der Waals surface area contributed by atoms with Crippen LogP contribution in [0.15, 0.2) is 27.5 Å². The van der Waals surface area contributed by atoms with Crippen molar-refractivity contribution in [2.24, 2.45) is 7.05 Å². The third kappa shape index (κ3) is 3.28. The number of ether oxygens (including phenoxy) is 1. The molecule has 0 spiro atoms. The van der Waals surface area contributed by atoms with Gasteiger partial charge in [-0.15, -0.1) is 10.2 Å². The van der Waals surface area contributed by atoms with Crippen molar-refractivity contribution in [3.05, 3.63) is 45.1 Å². The monoisotopic (exact) mass is 380 g/mol. The van der Waals surface area contributed by atoms with Crippen molar-refractivity contribution in [1.82, 2.24) is 14.8 Å². The lowest BCUT2D eigenvalue weighted by Gasteiger charge is -2.04. The summed E-state index contributed by atoms with van der Waals surface area (Å²) >= 11 is 7.28. The number of amides is 1. The number of nitrogens with one attached hydrogen (secondary N) is 1. The normalized spacial score (nSPS) is 10.7. The number of nitrogens with zero attached hydrogens (tertiary/aromatic N) is 3. The van der Waals surface area contributed by atoms with Gasteiger partial charge in [-0.2, -0.15) is 0 Å². The predicted octanol–water partition coefficient (Wildman–Crippen LogP) is 2.72. The van der Waals surface area contributed by atoms with E-state index in [4.69, 9.17) is 20.8 Å². The lowest BCUT2D eigenvalue weighted by Crippen LogP contribution is -2.16. The molecular formula is C15H13ClN4O4S. The fourth-order valence-electron chi connectivity index (χ4n) is 2.24. The minimum Gasteiger partial charge on any atom is -0.490 e. The van der Waals surface area contributed by atoms with Crippen molar-refractivity contribution in [1.29, 1.82) is 0 Å². The summed E-state index contributed by atoms with van der Waals surface area (Å²) in [7, 11) is 3.19. The van der Waals surface area contributed by atoms with Crippen LogP contribution in [0.1, 0.15) is 16.1 Å². The Morgan fingerprint density at radius 3 is 2.80 bits per heavy atom. The molecule has 3 aromatic rings. The van der Waals surface area contributed by atoms with E-state index >= 15 is 0 Å².